The van der Waals surface area contributed by atoms with E-state index in [1.165, 1.54) is 0 Å². The Morgan fingerprint density at radius 1 is 1.12 bits per heavy atom. The average molecular weight is 444 g/mol. The first-order chi connectivity index (χ1) is 16.1. The fourth-order valence-electron chi connectivity index (χ4n) is 3.83. The molecule has 2 aromatic carbocycles. The highest BCUT2D eigenvalue weighted by molar-refractivity contribution is 5.94. The molecule has 7 nitrogen and oxygen atoms in total. The lowest BCUT2D eigenvalue weighted by Gasteiger charge is -2.21. The molecule has 5 rings (SSSR count). The summed E-state index contributed by atoms with van der Waals surface area (Å²) in [4.78, 5) is 17.3. The monoisotopic (exact) mass is 443 g/mol. The molecule has 4 aromatic rings. The minimum atomic E-state index is -0.178. The molecule has 33 heavy (non-hydrogen) atoms. The van der Waals surface area contributed by atoms with Crippen LogP contribution in [0.3, 0.4) is 0 Å². The van der Waals surface area contributed by atoms with E-state index in [9.17, 15) is 4.79 Å². The highest BCUT2D eigenvalue weighted by Gasteiger charge is 2.16. The Hall–Kier alpha value is -4.00. The fourth-order valence-corrected chi connectivity index (χ4v) is 3.83. The summed E-state index contributed by atoms with van der Waals surface area (Å²) in [6.45, 7) is 5.41. The van der Waals surface area contributed by atoms with Crippen molar-refractivity contribution in [2.24, 2.45) is 0 Å². The SMILES string of the molecule is Cc1cccn2cc(COc3ccc(C(=O)NC(C)c4ccc5c(c4)OCCO5)cc3)nc12. The van der Waals surface area contributed by atoms with Gasteiger partial charge in [-0.3, -0.25) is 4.79 Å². The molecule has 0 bridgehead atoms. The number of hydrogen-bond donors (Lipinski definition) is 1. The van der Waals surface area contributed by atoms with E-state index in [0.29, 0.717) is 36.9 Å². The Labute approximate surface area is 191 Å². The number of hydrogen-bond acceptors (Lipinski definition) is 5. The molecule has 1 N–H and O–H groups in total. The van der Waals surface area contributed by atoms with Crippen molar-refractivity contribution in [3.63, 3.8) is 0 Å². The van der Waals surface area contributed by atoms with Gasteiger partial charge in [0.1, 0.15) is 31.2 Å². The lowest BCUT2D eigenvalue weighted by atomic mass is 10.1. The van der Waals surface area contributed by atoms with Gasteiger partial charge in [0.2, 0.25) is 0 Å². The van der Waals surface area contributed by atoms with Crippen molar-refractivity contribution in [2.75, 3.05) is 13.2 Å². The molecule has 1 aliphatic heterocycles. The van der Waals surface area contributed by atoms with Crippen LogP contribution in [0.5, 0.6) is 17.2 Å². The lowest BCUT2D eigenvalue weighted by Crippen LogP contribution is -2.26. The summed E-state index contributed by atoms with van der Waals surface area (Å²) in [5, 5.41) is 3.03. The summed E-state index contributed by atoms with van der Waals surface area (Å²) in [6, 6.07) is 16.7. The second-order valence-corrected chi connectivity index (χ2v) is 8.07. The van der Waals surface area contributed by atoms with Crippen LogP contribution < -0.4 is 19.5 Å². The van der Waals surface area contributed by atoms with Gasteiger partial charge < -0.3 is 23.9 Å². The average Bonchev–Trinajstić information content (AvgIpc) is 3.27. The van der Waals surface area contributed by atoms with Gasteiger partial charge in [0.15, 0.2) is 11.5 Å². The number of rotatable bonds is 6. The summed E-state index contributed by atoms with van der Waals surface area (Å²) in [6.07, 6.45) is 3.93. The second kappa shape index (κ2) is 8.86. The maximum Gasteiger partial charge on any atom is 0.251 e. The second-order valence-electron chi connectivity index (χ2n) is 8.07. The molecule has 0 saturated carbocycles. The van der Waals surface area contributed by atoms with Gasteiger partial charge in [-0.2, -0.15) is 0 Å². The first-order valence-electron chi connectivity index (χ1n) is 10.9. The number of ether oxygens (including phenoxy) is 3. The Kier molecular flexibility index (Phi) is 5.60. The van der Waals surface area contributed by atoms with Crippen LogP contribution in [0.25, 0.3) is 5.65 Å². The highest BCUT2D eigenvalue weighted by atomic mass is 16.6. The van der Waals surface area contributed by atoms with Crippen LogP contribution in [0.15, 0.2) is 67.0 Å². The molecule has 1 aliphatic rings. The molecule has 0 fully saturated rings. The van der Waals surface area contributed by atoms with Crippen LogP contribution in [0.1, 0.15) is 40.1 Å². The number of amides is 1. The molecule has 1 amide bonds. The normalized spacial score (nSPS) is 13.5. The molecule has 0 saturated heterocycles. The van der Waals surface area contributed by atoms with Gasteiger partial charge in [-0.05, 0) is 67.4 Å². The predicted octanol–water partition coefficient (Wildman–Crippen LogP) is 4.48. The fraction of sp³-hybridized carbons (Fsp3) is 0.231. The van der Waals surface area contributed by atoms with E-state index in [0.717, 1.165) is 28.2 Å². The lowest BCUT2D eigenvalue weighted by molar-refractivity contribution is 0.0939. The Bertz CT molecular complexity index is 1300. The molecule has 0 radical (unpaired) electrons. The number of carbonyl (C=O) groups is 1. The smallest absolute Gasteiger partial charge is 0.251 e. The van der Waals surface area contributed by atoms with Gasteiger partial charge in [-0.1, -0.05) is 12.1 Å². The van der Waals surface area contributed by atoms with Crippen molar-refractivity contribution < 1.29 is 19.0 Å². The molecule has 0 aliphatic carbocycles. The molecule has 7 heteroatoms. The Morgan fingerprint density at radius 2 is 1.91 bits per heavy atom. The maximum absolute atomic E-state index is 12.7. The number of carbonyl (C=O) groups excluding carboxylic acids is 1. The molecule has 3 heterocycles. The third kappa shape index (κ3) is 4.48. The summed E-state index contributed by atoms with van der Waals surface area (Å²) < 4.78 is 19.1. The van der Waals surface area contributed by atoms with Crippen molar-refractivity contribution >= 4 is 11.6 Å². The highest BCUT2D eigenvalue weighted by Crippen LogP contribution is 2.32. The maximum atomic E-state index is 12.7. The molecule has 168 valence electrons. The van der Waals surface area contributed by atoms with Gasteiger partial charge in [-0.15, -0.1) is 0 Å². The topological polar surface area (TPSA) is 74.1 Å². The number of nitrogens with one attached hydrogen (secondary N) is 1. The van der Waals surface area contributed by atoms with E-state index in [1.54, 1.807) is 24.3 Å². The van der Waals surface area contributed by atoms with E-state index < -0.39 is 0 Å². The largest absolute Gasteiger partial charge is 0.487 e. The number of fused-ring (bicyclic) bond motifs is 2. The predicted molar refractivity (Wildman–Crippen MR) is 124 cm³/mol. The van der Waals surface area contributed by atoms with E-state index in [-0.39, 0.29) is 11.9 Å². The van der Waals surface area contributed by atoms with Gasteiger partial charge in [-0.25, -0.2) is 4.98 Å². The number of aromatic nitrogens is 2. The standard InChI is InChI=1S/C26H25N3O4/c1-17-4-3-11-29-15-21(28-25(17)29)16-33-22-8-5-19(6-9-22)26(30)27-18(2)20-7-10-23-24(14-20)32-13-12-31-23/h3-11,14-15,18H,12-13,16H2,1-2H3,(H,27,30). The van der Waals surface area contributed by atoms with Gasteiger partial charge in [0, 0.05) is 18.0 Å². The van der Waals surface area contributed by atoms with Crippen molar-refractivity contribution in [3.05, 3.63) is 89.4 Å². The first kappa shape index (κ1) is 20.9. The molecule has 0 spiro atoms. The van der Waals surface area contributed by atoms with Crippen LogP contribution in [-0.2, 0) is 6.61 Å². The van der Waals surface area contributed by atoms with Crippen LogP contribution in [0.2, 0.25) is 0 Å². The van der Waals surface area contributed by atoms with E-state index >= 15 is 0 Å². The zero-order chi connectivity index (χ0) is 22.8. The van der Waals surface area contributed by atoms with Crippen molar-refractivity contribution in [1.29, 1.82) is 0 Å². The van der Waals surface area contributed by atoms with E-state index in [4.69, 9.17) is 14.2 Å². The molecular weight excluding hydrogens is 418 g/mol. The number of benzene rings is 2. The van der Waals surface area contributed by atoms with Crippen molar-refractivity contribution in [3.8, 4) is 17.2 Å². The van der Waals surface area contributed by atoms with Crippen molar-refractivity contribution in [1.82, 2.24) is 14.7 Å². The van der Waals surface area contributed by atoms with E-state index in [1.807, 2.05) is 61.0 Å². The molecular formula is C26H25N3O4. The third-order valence-corrected chi connectivity index (χ3v) is 5.64. The number of pyridine rings is 1. The molecule has 1 atom stereocenters. The number of nitrogens with zero attached hydrogens (tertiary/aromatic N) is 2. The number of imidazole rings is 1. The quantitative estimate of drug-likeness (QED) is 0.476. The molecule has 2 aromatic heterocycles. The van der Waals surface area contributed by atoms with Crippen LogP contribution in [0, 0.1) is 6.92 Å². The van der Waals surface area contributed by atoms with Gasteiger partial charge >= 0.3 is 0 Å². The third-order valence-electron chi connectivity index (χ3n) is 5.64. The Balaban J connectivity index is 1.19. The van der Waals surface area contributed by atoms with E-state index in [2.05, 4.69) is 10.3 Å². The number of aryl methyl sites for hydroxylation is 1. The molecule has 1 unspecified atom stereocenters. The minimum absolute atomic E-state index is 0.153. The van der Waals surface area contributed by atoms with Crippen LogP contribution in [0.4, 0.5) is 0 Å². The van der Waals surface area contributed by atoms with Gasteiger partial charge in [0.05, 0.1) is 11.7 Å². The summed E-state index contributed by atoms with van der Waals surface area (Å²) in [5.74, 6) is 1.97. The van der Waals surface area contributed by atoms with Crippen LogP contribution in [-0.4, -0.2) is 28.5 Å². The summed E-state index contributed by atoms with van der Waals surface area (Å²) in [7, 11) is 0. The summed E-state index contributed by atoms with van der Waals surface area (Å²) >= 11 is 0. The van der Waals surface area contributed by atoms with Crippen molar-refractivity contribution in [2.45, 2.75) is 26.5 Å². The Morgan fingerprint density at radius 3 is 2.70 bits per heavy atom. The van der Waals surface area contributed by atoms with Gasteiger partial charge in [0.25, 0.3) is 5.91 Å². The minimum Gasteiger partial charge on any atom is -0.487 e. The summed E-state index contributed by atoms with van der Waals surface area (Å²) in [5.41, 5.74) is 4.41. The zero-order valence-electron chi connectivity index (χ0n) is 18.6. The first-order valence-corrected chi connectivity index (χ1v) is 10.9. The zero-order valence-corrected chi connectivity index (χ0v) is 18.6. The van der Waals surface area contributed by atoms with Crippen LogP contribution >= 0.6 is 0 Å².